The number of nitrogens with one attached hydrogen (secondary N) is 2. The number of nitrogens with zero attached hydrogens (tertiary/aromatic N) is 2. The van der Waals surface area contributed by atoms with Crippen LogP contribution in [0, 0.1) is 0 Å². The number of aromatic amines is 1. The number of amides is 2. The predicted molar refractivity (Wildman–Crippen MR) is 108 cm³/mol. The first-order valence-corrected chi connectivity index (χ1v) is 9.86. The summed E-state index contributed by atoms with van der Waals surface area (Å²) in [6, 6.07) is 12.6. The highest BCUT2D eigenvalue weighted by Crippen LogP contribution is 2.32. The van der Waals surface area contributed by atoms with Crippen LogP contribution in [0.15, 0.2) is 47.6 Å². The van der Waals surface area contributed by atoms with E-state index in [-0.39, 0.29) is 30.0 Å². The van der Waals surface area contributed by atoms with Gasteiger partial charge in [0.1, 0.15) is 0 Å². The van der Waals surface area contributed by atoms with Crippen molar-refractivity contribution in [3.8, 4) is 0 Å². The highest BCUT2D eigenvalue weighted by Gasteiger charge is 2.29. The van der Waals surface area contributed by atoms with Gasteiger partial charge in [0.15, 0.2) is 5.16 Å². The molecule has 2 heterocycles. The Kier molecular flexibility index (Phi) is 4.80. The zero-order valence-electron chi connectivity index (χ0n) is 14.5. The summed E-state index contributed by atoms with van der Waals surface area (Å²) in [4.78, 5) is 34.4. The van der Waals surface area contributed by atoms with Crippen molar-refractivity contribution in [3.63, 3.8) is 0 Å². The van der Waals surface area contributed by atoms with Crippen LogP contribution in [-0.4, -0.2) is 33.6 Å². The van der Waals surface area contributed by atoms with Crippen LogP contribution in [0.25, 0.3) is 11.0 Å². The third kappa shape index (κ3) is 3.65. The lowest BCUT2D eigenvalue weighted by atomic mass is 10.2. The van der Waals surface area contributed by atoms with Crippen molar-refractivity contribution in [2.45, 2.75) is 24.5 Å². The van der Waals surface area contributed by atoms with Gasteiger partial charge in [0, 0.05) is 17.5 Å². The van der Waals surface area contributed by atoms with Gasteiger partial charge in [0.05, 0.1) is 28.2 Å². The van der Waals surface area contributed by atoms with Crippen LogP contribution in [0.1, 0.15) is 13.3 Å². The Balaban J connectivity index is 1.55. The van der Waals surface area contributed by atoms with Crippen LogP contribution in [0.3, 0.4) is 0 Å². The summed E-state index contributed by atoms with van der Waals surface area (Å²) in [5.74, 6) is 0.0439. The molecule has 0 radical (unpaired) electrons. The quantitative estimate of drug-likeness (QED) is 0.649. The molecule has 4 rings (SSSR count). The predicted octanol–water partition coefficient (Wildman–Crippen LogP) is 4.07. The molecule has 8 heteroatoms. The van der Waals surface area contributed by atoms with E-state index in [0.717, 1.165) is 16.7 Å². The lowest BCUT2D eigenvalue weighted by Gasteiger charge is -2.27. The summed E-state index contributed by atoms with van der Waals surface area (Å²) in [6.07, 6.45) is 0.258. The summed E-state index contributed by atoms with van der Waals surface area (Å²) in [5, 5.41) is 4.15. The molecule has 138 valence electrons. The van der Waals surface area contributed by atoms with E-state index in [0.29, 0.717) is 15.9 Å². The second kappa shape index (κ2) is 7.25. The van der Waals surface area contributed by atoms with Crippen molar-refractivity contribution in [2.24, 2.45) is 0 Å². The Morgan fingerprint density at radius 1 is 1.33 bits per heavy atom. The highest BCUT2D eigenvalue weighted by molar-refractivity contribution is 7.99. The number of anilines is 2. The van der Waals surface area contributed by atoms with E-state index < -0.39 is 0 Å². The molecule has 2 N–H and O–H groups in total. The second-order valence-corrected chi connectivity index (χ2v) is 7.77. The van der Waals surface area contributed by atoms with E-state index >= 15 is 0 Å². The van der Waals surface area contributed by atoms with Gasteiger partial charge in [-0.05, 0) is 37.3 Å². The number of imidazole rings is 1. The van der Waals surface area contributed by atoms with Gasteiger partial charge < -0.3 is 15.2 Å². The monoisotopic (exact) mass is 400 g/mol. The van der Waals surface area contributed by atoms with Gasteiger partial charge in [-0.15, -0.1) is 0 Å². The Bertz CT molecular complexity index is 1040. The largest absolute Gasteiger partial charge is 0.333 e. The number of fused-ring (bicyclic) bond motifs is 2. The fourth-order valence-corrected chi connectivity index (χ4v) is 4.11. The van der Waals surface area contributed by atoms with Gasteiger partial charge in [-0.3, -0.25) is 9.59 Å². The molecule has 0 saturated heterocycles. The Morgan fingerprint density at radius 2 is 2.15 bits per heavy atom. The number of halogens is 1. The van der Waals surface area contributed by atoms with E-state index in [1.807, 2.05) is 37.3 Å². The number of carbonyl (C=O) groups excluding carboxylic acids is 2. The van der Waals surface area contributed by atoms with Crippen molar-refractivity contribution in [2.75, 3.05) is 16.0 Å². The summed E-state index contributed by atoms with van der Waals surface area (Å²) in [5.41, 5.74) is 3.01. The van der Waals surface area contributed by atoms with Crippen molar-refractivity contribution in [1.29, 1.82) is 0 Å². The molecule has 2 amide bonds. The molecule has 0 aliphatic carbocycles. The van der Waals surface area contributed by atoms with Gasteiger partial charge in [-0.25, -0.2) is 4.98 Å². The molecule has 2 aromatic carbocycles. The van der Waals surface area contributed by atoms with Gasteiger partial charge in [-0.1, -0.05) is 35.5 Å². The highest BCUT2D eigenvalue weighted by atomic mass is 35.5. The molecule has 3 aromatic rings. The standard InChI is InChI=1S/C19H17ClN4O2S/c1-11-8-17(25)21-14-4-2-3-5-16(14)24(11)18(26)10-27-19-22-13-7-6-12(20)9-15(13)23-19/h2-7,9,11H,8,10H2,1H3,(H,21,25)(H,22,23)/t11-/m0/s1. The molecule has 0 unspecified atom stereocenters. The number of rotatable bonds is 3. The Hall–Kier alpha value is -2.51. The number of hydrogen-bond acceptors (Lipinski definition) is 4. The minimum absolute atomic E-state index is 0.0741. The fraction of sp³-hybridized carbons (Fsp3) is 0.211. The molecule has 1 aromatic heterocycles. The maximum Gasteiger partial charge on any atom is 0.237 e. The molecule has 6 nitrogen and oxygen atoms in total. The maximum absolute atomic E-state index is 13.0. The summed E-state index contributed by atoms with van der Waals surface area (Å²) < 4.78 is 0. The van der Waals surface area contributed by atoms with Gasteiger partial charge in [0.25, 0.3) is 0 Å². The van der Waals surface area contributed by atoms with Crippen LogP contribution in [-0.2, 0) is 9.59 Å². The van der Waals surface area contributed by atoms with Crippen LogP contribution in [0.2, 0.25) is 5.02 Å². The van der Waals surface area contributed by atoms with E-state index in [9.17, 15) is 9.59 Å². The number of thioether (sulfide) groups is 1. The third-order valence-electron chi connectivity index (χ3n) is 4.38. The molecule has 0 fully saturated rings. The van der Waals surface area contributed by atoms with Gasteiger partial charge in [-0.2, -0.15) is 0 Å². The smallest absolute Gasteiger partial charge is 0.237 e. The van der Waals surface area contributed by atoms with Crippen molar-refractivity contribution in [1.82, 2.24) is 9.97 Å². The molecule has 0 saturated carbocycles. The lowest BCUT2D eigenvalue weighted by molar-refractivity contribution is -0.117. The number of H-pyrrole nitrogens is 1. The normalized spacial score (nSPS) is 16.7. The molecular weight excluding hydrogens is 384 g/mol. The van der Waals surface area contributed by atoms with Crippen molar-refractivity contribution >= 4 is 57.6 Å². The second-order valence-electron chi connectivity index (χ2n) is 6.37. The third-order valence-corrected chi connectivity index (χ3v) is 5.48. The Morgan fingerprint density at radius 3 is 3.00 bits per heavy atom. The number of benzene rings is 2. The number of para-hydroxylation sites is 2. The zero-order chi connectivity index (χ0) is 19.0. The van der Waals surface area contributed by atoms with E-state index in [2.05, 4.69) is 15.3 Å². The molecule has 0 bridgehead atoms. The molecule has 0 spiro atoms. The minimum atomic E-state index is -0.226. The van der Waals surface area contributed by atoms with E-state index in [1.54, 1.807) is 17.0 Å². The zero-order valence-corrected chi connectivity index (χ0v) is 16.1. The van der Waals surface area contributed by atoms with Crippen molar-refractivity contribution in [3.05, 3.63) is 47.5 Å². The molecule has 1 aliphatic heterocycles. The number of carbonyl (C=O) groups is 2. The lowest BCUT2D eigenvalue weighted by Crippen LogP contribution is -2.40. The maximum atomic E-state index is 13.0. The SMILES string of the molecule is C[C@H]1CC(=O)Nc2ccccc2N1C(=O)CSc1nc2ccc(Cl)cc2[nH]1. The molecule has 1 atom stereocenters. The van der Waals surface area contributed by atoms with Crippen LogP contribution in [0.4, 0.5) is 11.4 Å². The topological polar surface area (TPSA) is 78.1 Å². The first kappa shape index (κ1) is 17.9. The molecule has 1 aliphatic rings. The van der Waals surface area contributed by atoms with Crippen molar-refractivity contribution < 1.29 is 9.59 Å². The molecule has 27 heavy (non-hydrogen) atoms. The van der Waals surface area contributed by atoms with Crippen LogP contribution in [0.5, 0.6) is 0 Å². The van der Waals surface area contributed by atoms with E-state index in [1.165, 1.54) is 11.8 Å². The number of hydrogen-bond donors (Lipinski definition) is 2. The summed E-state index contributed by atoms with van der Waals surface area (Å²) in [6.45, 7) is 1.88. The first-order chi connectivity index (χ1) is 13.0. The summed E-state index contributed by atoms with van der Waals surface area (Å²) >= 11 is 7.33. The van der Waals surface area contributed by atoms with Crippen LogP contribution >= 0.6 is 23.4 Å². The van der Waals surface area contributed by atoms with Gasteiger partial charge in [0.2, 0.25) is 11.8 Å². The first-order valence-electron chi connectivity index (χ1n) is 8.50. The molecular formula is C19H17ClN4O2S. The van der Waals surface area contributed by atoms with E-state index in [4.69, 9.17) is 11.6 Å². The van der Waals surface area contributed by atoms with Gasteiger partial charge >= 0.3 is 0 Å². The Labute approximate surface area is 165 Å². The number of aromatic nitrogens is 2. The average Bonchev–Trinajstić information content (AvgIpc) is 2.97. The van der Waals surface area contributed by atoms with Crippen LogP contribution < -0.4 is 10.2 Å². The fourth-order valence-electron chi connectivity index (χ4n) is 3.19. The average molecular weight is 401 g/mol. The summed E-state index contributed by atoms with van der Waals surface area (Å²) in [7, 11) is 0. The minimum Gasteiger partial charge on any atom is -0.333 e.